The molecule has 15 heavy (non-hydrogen) atoms. The first-order valence-corrected chi connectivity index (χ1v) is 5.11. The molecule has 2 nitrogen and oxygen atoms in total. The van der Waals surface area contributed by atoms with E-state index in [1.54, 1.807) is 0 Å². The van der Waals surface area contributed by atoms with E-state index in [0.717, 1.165) is 12.8 Å². The molecule has 0 bridgehead atoms. The predicted molar refractivity (Wildman–Crippen MR) is 61.3 cm³/mol. The third kappa shape index (κ3) is 5.01. The van der Waals surface area contributed by atoms with Gasteiger partial charge in [0, 0.05) is 6.42 Å². The molecule has 0 aromatic heterocycles. The smallest absolute Gasteiger partial charge is 0.305 e. The van der Waals surface area contributed by atoms with Gasteiger partial charge in [0.2, 0.25) is 0 Å². The summed E-state index contributed by atoms with van der Waals surface area (Å²) < 4.78 is 4.55. The van der Waals surface area contributed by atoms with Crippen molar-refractivity contribution in [3.8, 4) is 0 Å². The minimum Gasteiger partial charge on any atom is -0.469 e. The summed E-state index contributed by atoms with van der Waals surface area (Å²) in [6.07, 6.45) is 6.39. The highest BCUT2D eigenvalue weighted by molar-refractivity contribution is 5.69. The molecule has 0 atom stereocenters. The summed E-state index contributed by atoms with van der Waals surface area (Å²) in [5.41, 5.74) is 1.19. The van der Waals surface area contributed by atoms with Crippen LogP contribution in [0.4, 0.5) is 0 Å². The summed E-state index contributed by atoms with van der Waals surface area (Å²) in [7, 11) is 1.42. The lowest BCUT2D eigenvalue weighted by Crippen LogP contribution is -1.98. The molecule has 2 heteroatoms. The van der Waals surface area contributed by atoms with Crippen LogP contribution in [-0.2, 0) is 9.53 Å². The van der Waals surface area contributed by atoms with Crippen molar-refractivity contribution < 1.29 is 9.53 Å². The lowest BCUT2D eigenvalue weighted by molar-refractivity contribution is -0.140. The number of ether oxygens (including phenoxy) is 1. The fourth-order valence-corrected chi connectivity index (χ4v) is 1.25. The second-order valence-electron chi connectivity index (χ2n) is 3.28. The number of hydrogen-bond donors (Lipinski definition) is 0. The molecule has 1 aromatic rings. The van der Waals surface area contributed by atoms with Crippen LogP contribution in [0.1, 0.15) is 24.8 Å². The lowest BCUT2D eigenvalue weighted by atomic mass is 10.1. The Morgan fingerprint density at radius 1 is 1.33 bits per heavy atom. The summed E-state index contributed by atoms with van der Waals surface area (Å²) in [6, 6.07) is 10.1. The zero-order valence-corrected chi connectivity index (χ0v) is 8.98. The maximum atomic E-state index is 10.8. The molecule has 0 saturated carbocycles. The monoisotopic (exact) mass is 204 g/mol. The molecule has 1 aromatic carbocycles. The number of rotatable bonds is 5. The number of esters is 1. The minimum absolute atomic E-state index is 0.136. The van der Waals surface area contributed by atoms with Gasteiger partial charge in [-0.15, -0.1) is 0 Å². The van der Waals surface area contributed by atoms with E-state index in [0.29, 0.717) is 6.42 Å². The topological polar surface area (TPSA) is 26.3 Å². The molecule has 0 radical (unpaired) electrons. The number of carbonyl (C=O) groups excluding carboxylic acids is 1. The fourth-order valence-electron chi connectivity index (χ4n) is 1.25. The average molecular weight is 204 g/mol. The highest BCUT2D eigenvalue weighted by atomic mass is 16.5. The second kappa shape index (κ2) is 6.82. The average Bonchev–Trinajstić information content (AvgIpc) is 2.29. The van der Waals surface area contributed by atoms with Crippen molar-refractivity contribution in [3.63, 3.8) is 0 Å². The third-order valence-corrected chi connectivity index (χ3v) is 2.09. The van der Waals surface area contributed by atoms with Crippen molar-refractivity contribution in [2.24, 2.45) is 0 Å². The van der Waals surface area contributed by atoms with Crippen molar-refractivity contribution >= 4 is 12.0 Å². The van der Waals surface area contributed by atoms with E-state index in [-0.39, 0.29) is 5.97 Å². The summed E-state index contributed by atoms with van der Waals surface area (Å²) in [4.78, 5) is 10.8. The first kappa shape index (κ1) is 11.5. The van der Waals surface area contributed by atoms with E-state index < -0.39 is 0 Å². The van der Waals surface area contributed by atoms with Crippen LogP contribution >= 0.6 is 0 Å². The van der Waals surface area contributed by atoms with E-state index >= 15 is 0 Å². The molecule has 0 aliphatic rings. The highest BCUT2D eigenvalue weighted by Gasteiger charge is 1.96. The molecular weight excluding hydrogens is 188 g/mol. The van der Waals surface area contributed by atoms with Gasteiger partial charge < -0.3 is 4.74 Å². The Morgan fingerprint density at radius 3 is 2.73 bits per heavy atom. The molecule has 0 saturated heterocycles. The van der Waals surface area contributed by atoms with Crippen molar-refractivity contribution in [3.05, 3.63) is 42.0 Å². The molecular formula is C13H16O2. The van der Waals surface area contributed by atoms with Crippen LogP contribution in [0.5, 0.6) is 0 Å². The van der Waals surface area contributed by atoms with Crippen molar-refractivity contribution in [1.82, 2.24) is 0 Å². The molecule has 0 amide bonds. The van der Waals surface area contributed by atoms with Gasteiger partial charge in [0.05, 0.1) is 7.11 Å². The van der Waals surface area contributed by atoms with E-state index in [2.05, 4.69) is 29.0 Å². The molecule has 0 N–H and O–H groups in total. The Balaban J connectivity index is 2.20. The Kier molecular flexibility index (Phi) is 5.23. The number of unbranched alkanes of at least 4 members (excludes halogenated alkanes) is 1. The zero-order valence-electron chi connectivity index (χ0n) is 8.98. The van der Waals surface area contributed by atoms with Crippen LogP contribution < -0.4 is 0 Å². The Hall–Kier alpha value is -1.57. The quantitative estimate of drug-likeness (QED) is 0.544. The summed E-state index contributed by atoms with van der Waals surface area (Å²) in [6.45, 7) is 0. The minimum atomic E-state index is -0.136. The van der Waals surface area contributed by atoms with E-state index in [1.165, 1.54) is 12.7 Å². The van der Waals surface area contributed by atoms with Crippen LogP contribution in [0.2, 0.25) is 0 Å². The molecule has 80 valence electrons. The maximum Gasteiger partial charge on any atom is 0.305 e. The SMILES string of the molecule is COC(=O)CCC/C=C\c1ccccc1. The van der Waals surface area contributed by atoms with Gasteiger partial charge in [-0.25, -0.2) is 0 Å². The third-order valence-electron chi connectivity index (χ3n) is 2.09. The van der Waals surface area contributed by atoms with Crippen LogP contribution in [0, 0.1) is 0 Å². The number of methoxy groups -OCH3 is 1. The van der Waals surface area contributed by atoms with Crippen molar-refractivity contribution in [2.75, 3.05) is 7.11 Å². The molecule has 0 spiro atoms. The molecule has 0 heterocycles. The zero-order chi connectivity index (χ0) is 10.9. The predicted octanol–water partition coefficient (Wildman–Crippen LogP) is 3.04. The standard InChI is InChI=1S/C13H16O2/c1-15-13(14)11-7-3-6-10-12-8-4-2-5-9-12/h2,4-6,8-10H,3,7,11H2,1H3/b10-6-. The van der Waals surface area contributed by atoms with Gasteiger partial charge in [-0.05, 0) is 18.4 Å². The van der Waals surface area contributed by atoms with Crippen LogP contribution in [0.25, 0.3) is 6.08 Å². The second-order valence-corrected chi connectivity index (χ2v) is 3.28. The first-order chi connectivity index (χ1) is 7.33. The molecule has 0 aliphatic carbocycles. The van der Waals surface area contributed by atoms with Crippen molar-refractivity contribution in [1.29, 1.82) is 0 Å². The Morgan fingerprint density at radius 2 is 2.07 bits per heavy atom. The van der Waals surface area contributed by atoms with Crippen LogP contribution in [0.15, 0.2) is 36.4 Å². The largest absolute Gasteiger partial charge is 0.469 e. The van der Waals surface area contributed by atoms with Gasteiger partial charge in [-0.2, -0.15) is 0 Å². The van der Waals surface area contributed by atoms with Crippen molar-refractivity contribution in [2.45, 2.75) is 19.3 Å². The van der Waals surface area contributed by atoms with Gasteiger partial charge in [0.25, 0.3) is 0 Å². The van der Waals surface area contributed by atoms with E-state index in [9.17, 15) is 4.79 Å². The number of allylic oxidation sites excluding steroid dienone is 1. The van der Waals surface area contributed by atoms with E-state index in [1.807, 2.05) is 18.2 Å². The molecule has 0 fully saturated rings. The summed E-state index contributed by atoms with van der Waals surface area (Å²) in [5, 5.41) is 0. The normalized spacial score (nSPS) is 10.5. The number of benzene rings is 1. The Labute approximate surface area is 90.6 Å². The van der Waals surface area contributed by atoms with Gasteiger partial charge in [0.1, 0.15) is 0 Å². The fraction of sp³-hybridized carbons (Fsp3) is 0.308. The maximum absolute atomic E-state index is 10.8. The highest BCUT2D eigenvalue weighted by Crippen LogP contribution is 2.04. The van der Waals surface area contributed by atoms with E-state index in [4.69, 9.17) is 0 Å². The number of carbonyl (C=O) groups is 1. The van der Waals surface area contributed by atoms with Gasteiger partial charge >= 0.3 is 5.97 Å². The molecule has 0 unspecified atom stereocenters. The Bertz CT molecular complexity index is 315. The van der Waals surface area contributed by atoms with Crippen LogP contribution in [0.3, 0.4) is 0 Å². The van der Waals surface area contributed by atoms with Gasteiger partial charge in [0.15, 0.2) is 0 Å². The van der Waals surface area contributed by atoms with Gasteiger partial charge in [-0.3, -0.25) is 4.79 Å². The lowest BCUT2D eigenvalue weighted by Gasteiger charge is -1.96. The summed E-state index contributed by atoms with van der Waals surface area (Å²) in [5.74, 6) is -0.136. The summed E-state index contributed by atoms with van der Waals surface area (Å²) >= 11 is 0. The molecule has 1 rings (SSSR count). The van der Waals surface area contributed by atoms with Crippen LogP contribution in [-0.4, -0.2) is 13.1 Å². The van der Waals surface area contributed by atoms with Gasteiger partial charge in [-0.1, -0.05) is 42.5 Å². The molecule has 0 aliphatic heterocycles. The number of hydrogen-bond acceptors (Lipinski definition) is 2. The first-order valence-electron chi connectivity index (χ1n) is 5.11.